The Balaban J connectivity index is 2.10. The van der Waals surface area contributed by atoms with Crippen molar-refractivity contribution in [2.24, 2.45) is 0 Å². The van der Waals surface area contributed by atoms with E-state index in [1.165, 1.54) is 30.2 Å². The van der Waals surface area contributed by atoms with Gasteiger partial charge in [-0.2, -0.15) is 13.2 Å². The summed E-state index contributed by atoms with van der Waals surface area (Å²) in [5.74, 6) is -0.542. The number of esters is 1. The minimum atomic E-state index is -4.54. The fraction of sp³-hybridized carbons (Fsp3) is 0.407. The van der Waals surface area contributed by atoms with Crippen LogP contribution < -0.4 is 0 Å². The van der Waals surface area contributed by atoms with Crippen molar-refractivity contribution in [2.45, 2.75) is 39.0 Å². The van der Waals surface area contributed by atoms with Gasteiger partial charge in [0.1, 0.15) is 5.60 Å². The van der Waals surface area contributed by atoms with E-state index < -0.39 is 29.4 Å². The predicted octanol–water partition coefficient (Wildman–Crippen LogP) is 6.20. The quantitative estimate of drug-likeness (QED) is 0.438. The molecule has 0 fully saturated rings. The van der Waals surface area contributed by atoms with Crippen molar-refractivity contribution in [1.29, 1.82) is 0 Å². The molecule has 0 N–H and O–H groups in total. The maximum Gasteiger partial charge on any atom is 0.416 e. The number of benzene rings is 2. The van der Waals surface area contributed by atoms with E-state index in [1.807, 2.05) is 0 Å². The normalized spacial score (nSPS) is 14.3. The number of nitrogens with zero attached hydrogens (tertiary/aromatic N) is 1. The summed E-state index contributed by atoms with van der Waals surface area (Å²) in [6.45, 7) is 6.18. The van der Waals surface area contributed by atoms with Gasteiger partial charge in [0.25, 0.3) is 0 Å². The van der Waals surface area contributed by atoms with E-state index in [0.717, 1.165) is 23.3 Å². The Morgan fingerprint density at radius 3 is 2.17 bits per heavy atom. The number of alkyl halides is 3. The second-order valence-electron chi connectivity index (χ2n) is 9.49. The van der Waals surface area contributed by atoms with Gasteiger partial charge in [-0.25, -0.2) is 9.59 Å². The Hall–Kier alpha value is -3.33. The summed E-state index contributed by atoms with van der Waals surface area (Å²) in [5.41, 5.74) is 1.86. The number of hydrogen-bond acceptors (Lipinski definition) is 5. The second kappa shape index (κ2) is 10.7. The topological polar surface area (TPSA) is 65.1 Å². The molecule has 2 aromatic carbocycles. The van der Waals surface area contributed by atoms with Crippen LogP contribution in [-0.4, -0.2) is 56.5 Å². The van der Waals surface area contributed by atoms with Gasteiger partial charge in [0.05, 0.1) is 18.2 Å². The van der Waals surface area contributed by atoms with Crippen molar-refractivity contribution in [3.63, 3.8) is 0 Å². The minimum absolute atomic E-state index is 0.187. The van der Waals surface area contributed by atoms with E-state index in [2.05, 4.69) is 0 Å². The van der Waals surface area contributed by atoms with Crippen LogP contribution in [0, 0.1) is 0 Å². The lowest BCUT2D eigenvalue weighted by Crippen LogP contribution is -2.35. The molecule has 0 atom stereocenters. The largest absolute Gasteiger partial charge is 0.465 e. The van der Waals surface area contributed by atoms with Crippen molar-refractivity contribution in [1.82, 2.24) is 4.90 Å². The number of halogens is 3. The first-order valence-electron chi connectivity index (χ1n) is 11.4. The van der Waals surface area contributed by atoms with E-state index >= 15 is 0 Å². The smallest absolute Gasteiger partial charge is 0.416 e. The van der Waals surface area contributed by atoms with Crippen molar-refractivity contribution in [3.8, 4) is 11.1 Å². The molecule has 0 radical (unpaired) electrons. The summed E-state index contributed by atoms with van der Waals surface area (Å²) >= 11 is 0. The van der Waals surface area contributed by atoms with Crippen LogP contribution in [0.5, 0.6) is 0 Å². The first kappa shape index (κ1) is 27.3. The lowest BCUT2D eigenvalue weighted by Gasteiger charge is -2.25. The van der Waals surface area contributed by atoms with E-state index in [-0.39, 0.29) is 18.7 Å². The molecule has 0 unspecified atom stereocenters. The Morgan fingerprint density at radius 2 is 1.61 bits per heavy atom. The van der Waals surface area contributed by atoms with Gasteiger partial charge >= 0.3 is 18.2 Å². The van der Waals surface area contributed by atoms with Crippen LogP contribution in [0.2, 0.25) is 0 Å². The summed E-state index contributed by atoms with van der Waals surface area (Å²) in [6, 6.07) is 9.76. The second-order valence-corrected chi connectivity index (χ2v) is 9.49. The maximum absolute atomic E-state index is 13.6. The molecule has 0 spiro atoms. The van der Waals surface area contributed by atoms with Crippen LogP contribution in [0.3, 0.4) is 0 Å². The summed E-state index contributed by atoms with van der Waals surface area (Å²) in [6.07, 6.45) is -4.53. The number of rotatable bonds is 6. The molecule has 0 bridgehead atoms. The Bertz CT molecular complexity index is 1150. The number of hydrogen-bond donors (Lipinski definition) is 0. The van der Waals surface area contributed by atoms with Gasteiger partial charge in [0.15, 0.2) is 0 Å². The molecule has 0 saturated carbocycles. The van der Waals surface area contributed by atoms with Crippen LogP contribution in [0.25, 0.3) is 16.7 Å². The van der Waals surface area contributed by atoms with Crippen molar-refractivity contribution < 1.29 is 37.0 Å². The zero-order valence-corrected chi connectivity index (χ0v) is 21.0. The Morgan fingerprint density at radius 1 is 0.944 bits per heavy atom. The van der Waals surface area contributed by atoms with Gasteiger partial charge in [0, 0.05) is 26.8 Å². The molecular formula is C27H30F3NO5. The molecule has 2 aromatic rings. The van der Waals surface area contributed by atoms with Crippen LogP contribution in [0.1, 0.15) is 48.7 Å². The molecular weight excluding hydrogens is 475 g/mol. The minimum Gasteiger partial charge on any atom is -0.465 e. The monoisotopic (exact) mass is 505 g/mol. The molecule has 1 heterocycles. The highest BCUT2D eigenvalue weighted by Gasteiger charge is 2.34. The number of methoxy groups -OCH3 is 2. The van der Waals surface area contributed by atoms with E-state index in [4.69, 9.17) is 14.2 Å². The van der Waals surface area contributed by atoms with E-state index in [9.17, 15) is 22.8 Å². The Kier molecular flexibility index (Phi) is 8.13. The van der Waals surface area contributed by atoms with Gasteiger partial charge in [0.2, 0.25) is 0 Å². The maximum atomic E-state index is 13.6. The van der Waals surface area contributed by atoms with E-state index in [0.29, 0.717) is 29.7 Å². The zero-order chi connectivity index (χ0) is 26.7. The molecule has 3 rings (SSSR count). The molecule has 9 heteroatoms. The molecule has 1 aliphatic heterocycles. The van der Waals surface area contributed by atoms with Crippen LogP contribution in [0.15, 0.2) is 48.0 Å². The third-order valence-electron chi connectivity index (χ3n) is 5.71. The lowest BCUT2D eigenvalue weighted by molar-refractivity contribution is -0.137. The molecule has 0 saturated heterocycles. The van der Waals surface area contributed by atoms with Gasteiger partial charge < -0.3 is 14.2 Å². The zero-order valence-electron chi connectivity index (χ0n) is 21.0. The van der Waals surface area contributed by atoms with Gasteiger partial charge in [-0.15, -0.1) is 0 Å². The van der Waals surface area contributed by atoms with Gasteiger partial charge in [-0.05, 0) is 79.3 Å². The highest BCUT2D eigenvalue weighted by molar-refractivity contribution is 5.91. The third-order valence-corrected chi connectivity index (χ3v) is 5.71. The lowest BCUT2D eigenvalue weighted by atomic mass is 9.90. The first-order valence-corrected chi connectivity index (χ1v) is 11.4. The predicted molar refractivity (Wildman–Crippen MR) is 129 cm³/mol. The highest BCUT2D eigenvalue weighted by atomic mass is 19.4. The molecule has 0 aliphatic carbocycles. The van der Waals surface area contributed by atoms with Crippen LogP contribution >= 0.6 is 0 Å². The van der Waals surface area contributed by atoms with Crippen LogP contribution in [0.4, 0.5) is 18.0 Å². The first-order chi connectivity index (χ1) is 16.8. The summed E-state index contributed by atoms with van der Waals surface area (Å²) < 4.78 is 56.3. The number of carbonyl (C=O) groups excluding carboxylic acids is 2. The van der Waals surface area contributed by atoms with E-state index in [1.54, 1.807) is 40.0 Å². The number of amides is 1. The highest BCUT2D eigenvalue weighted by Crippen LogP contribution is 2.39. The molecule has 1 aliphatic rings. The van der Waals surface area contributed by atoms with Crippen molar-refractivity contribution in [3.05, 3.63) is 64.7 Å². The molecule has 1 amide bonds. The summed E-state index contributed by atoms with van der Waals surface area (Å²) in [5, 5.41) is 0. The fourth-order valence-electron chi connectivity index (χ4n) is 4.00. The SMILES string of the molecule is COCCC1=C(c2ccc(C(F)(F)F)cc2-c2ccc(C(=O)OC)cc2)CN(C(=O)OC(C)(C)C)C1. The summed E-state index contributed by atoms with van der Waals surface area (Å²) in [4.78, 5) is 26.1. The molecule has 6 nitrogen and oxygen atoms in total. The standard InChI is InChI=1S/C27H30F3NO5/c1-26(2,3)36-25(33)31-15-19(12-13-34-4)23(16-31)21-11-10-20(27(28,29)30)14-22(21)17-6-8-18(9-7-17)24(32)35-5/h6-11,14H,12-13,15-16H2,1-5H3. The molecule has 36 heavy (non-hydrogen) atoms. The number of ether oxygens (including phenoxy) is 3. The van der Waals surface area contributed by atoms with Crippen molar-refractivity contribution in [2.75, 3.05) is 33.9 Å². The van der Waals surface area contributed by atoms with Crippen LogP contribution in [-0.2, 0) is 20.4 Å². The van der Waals surface area contributed by atoms with Gasteiger partial charge in [-0.3, -0.25) is 4.90 Å². The molecule has 0 aromatic heterocycles. The van der Waals surface area contributed by atoms with Gasteiger partial charge in [-0.1, -0.05) is 18.2 Å². The molecule has 194 valence electrons. The van der Waals surface area contributed by atoms with Crippen molar-refractivity contribution >= 4 is 17.6 Å². The Labute approximate surface area is 208 Å². The number of carbonyl (C=O) groups is 2. The summed E-state index contributed by atoms with van der Waals surface area (Å²) in [7, 11) is 2.82. The fourth-order valence-corrected chi connectivity index (χ4v) is 4.00. The average Bonchev–Trinajstić information content (AvgIpc) is 3.24. The third kappa shape index (κ3) is 6.46. The average molecular weight is 506 g/mol.